The number of hydrogen-bond donors (Lipinski definition) is 1. The third-order valence-corrected chi connectivity index (χ3v) is 7.61. The molecule has 2 fully saturated rings. The molecule has 1 heterocycles. The number of amides is 1. The lowest BCUT2D eigenvalue weighted by Gasteiger charge is -2.35. The van der Waals surface area contributed by atoms with Crippen molar-refractivity contribution in [2.75, 3.05) is 13.1 Å². The van der Waals surface area contributed by atoms with Crippen molar-refractivity contribution in [2.45, 2.75) is 61.1 Å². The van der Waals surface area contributed by atoms with Gasteiger partial charge in [0.25, 0.3) is 5.91 Å². The number of carbonyl (C=O) groups is 1. The van der Waals surface area contributed by atoms with Crippen molar-refractivity contribution in [3.63, 3.8) is 0 Å². The molecule has 1 atom stereocenters. The average Bonchev–Trinajstić information content (AvgIpc) is 3.16. The summed E-state index contributed by atoms with van der Waals surface area (Å²) in [5.74, 6) is -0.0463. The van der Waals surface area contributed by atoms with Crippen LogP contribution >= 0.6 is 0 Å². The van der Waals surface area contributed by atoms with Crippen LogP contribution in [0.25, 0.3) is 0 Å². The number of rotatable bonds is 4. The van der Waals surface area contributed by atoms with Crippen LogP contribution in [0.2, 0.25) is 0 Å². The molecule has 0 bridgehead atoms. The normalized spacial score (nSPS) is 22.7. The van der Waals surface area contributed by atoms with Gasteiger partial charge in [0.1, 0.15) is 0 Å². The van der Waals surface area contributed by atoms with Crippen molar-refractivity contribution in [1.82, 2.24) is 4.90 Å². The molecule has 1 saturated heterocycles. The Kier molecular flexibility index (Phi) is 5.25. The SMILES string of the molecule is NCC1CCCCN1C(=O)c1ccc(S(=O)(=O)C2CCCC2)cc1. The Hall–Kier alpha value is -1.40. The van der Waals surface area contributed by atoms with Crippen LogP contribution in [0.1, 0.15) is 55.3 Å². The van der Waals surface area contributed by atoms with Gasteiger partial charge in [-0.15, -0.1) is 0 Å². The predicted molar refractivity (Wildman–Crippen MR) is 93.6 cm³/mol. The first-order valence-corrected chi connectivity index (χ1v) is 10.4. The summed E-state index contributed by atoms with van der Waals surface area (Å²) in [7, 11) is -3.27. The number of nitrogens with zero attached hydrogens (tertiary/aromatic N) is 1. The Bertz CT molecular complexity index is 679. The van der Waals surface area contributed by atoms with E-state index < -0.39 is 9.84 Å². The van der Waals surface area contributed by atoms with Gasteiger partial charge in [-0.1, -0.05) is 12.8 Å². The summed E-state index contributed by atoms with van der Waals surface area (Å²) in [4.78, 5) is 14.9. The van der Waals surface area contributed by atoms with Gasteiger partial charge in [-0.25, -0.2) is 8.42 Å². The van der Waals surface area contributed by atoms with Gasteiger partial charge in [-0.2, -0.15) is 0 Å². The Balaban J connectivity index is 1.77. The summed E-state index contributed by atoms with van der Waals surface area (Å²) in [6.07, 6.45) is 6.49. The first kappa shape index (κ1) is 17.4. The maximum absolute atomic E-state index is 12.7. The van der Waals surface area contributed by atoms with Crippen molar-refractivity contribution in [1.29, 1.82) is 0 Å². The Morgan fingerprint density at radius 1 is 1.04 bits per heavy atom. The van der Waals surface area contributed by atoms with E-state index in [4.69, 9.17) is 5.73 Å². The first-order chi connectivity index (χ1) is 11.5. The highest BCUT2D eigenvalue weighted by atomic mass is 32.2. The van der Waals surface area contributed by atoms with Gasteiger partial charge in [0, 0.05) is 24.7 Å². The van der Waals surface area contributed by atoms with Crippen molar-refractivity contribution < 1.29 is 13.2 Å². The van der Waals surface area contributed by atoms with Crippen LogP contribution in [0.4, 0.5) is 0 Å². The molecule has 24 heavy (non-hydrogen) atoms. The molecule has 2 N–H and O–H groups in total. The lowest BCUT2D eigenvalue weighted by Crippen LogP contribution is -2.47. The van der Waals surface area contributed by atoms with Crippen LogP contribution in [0.15, 0.2) is 29.2 Å². The molecule has 1 aliphatic carbocycles. The van der Waals surface area contributed by atoms with E-state index in [2.05, 4.69) is 0 Å². The second kappa shape index (κ2) is 7.23. The molecule has 3 rings (SSSR count). The van der Waals surface area contributed by atoms with Gasteiger partial charge in [-0.3, -0.25) is 4.79 Å². The van der Waals surface area contributed by atoms with E-state index in [1.807, 2.05) is 4.90 Å². The number of likely N-dealkylation sites (tertiary alicyclic amines) is 1. The number of piperidine rings is 1. The van der Waals surface area contributed by atoms with Crippen molar-refractivity contribution in [3.05, 3.63) is 29.8 Å². The van der Waals surface area contributed by atoms with Gasteiger partial charge in [0.2, 0.25) is 0 Å². The zero-order chi connectivity index (χ0) is 17.2. The van der Waals surface area contributed by atoms with Crippen molar-refractivity contribution in [2.24, 2.45) is 5.73 Å². The minimum atomic E-state index is -3.27. The molecule has 1 unspecified atom stereocenters. The molecule has 132 valence electrons. The molecule has 1 aromatic rings. The second-order valence-electron chi connectivity index (χ2n) is 6.86. The van der Waals surface area contributed by atoms with Crippen LogP contribution in [0, 0.1) is 0 Å². The summed E-state index contributed by atoms with van der Waals surface area (Å²) in [5, 5.41) is -0.261. The average molecular weight is 350 g/mol. The summed E-state index contributed by atoms with van der Waals surface area (Å²) in [5.41, 5.74) is 6.33. The molecule has 2 aliphatic rings. The number of benzene rings is 1. The van der Waals surface area contributed by atoms with Gasteiger partial charge >= 0.3 is 0 Å². The maximum Gasteiger partial charge on any atom is 0.254 e. The predicted octanol–water partition coefficient (Wildman–Crippen LogP) is 2.36. The number of sulfone groups is 1. The van der Waals surface area contributed by atoms with Gasteiger partial charge < -0.3 is 10.6 Å². The van der Waals surface area contributed by atoms with E-state index >= 15 is 0 Å². The molecule has 5 nitrogen and oxygen atoms in total. The molecule has 0 aromatic heterocycles. The molecule has 0 radical (unpaired) electrons. The monoisotopic (exact) mass is 350 g/mol. The third kappa shape index (κ3) is 3.35. The minimum absolute atomic E-state index is 0.0463. The smallest absolute Gasteiger partial charge is 0.254 e. The Labute approximate surface area is 144 Å². The van der Waals surface area contributed by atoms with Crippen LogP contribution < -0.4 is 5.73 Å². The van der Waals surface area contributed by atoms with Crippen LogP contribution in [0.3, 0.4) is 0 Å². The fourth-order valence-electron chi connectivity index (χ4n) is 3.86. The van der Waals surface area contributed by atoms with Crippen LogP contribution in [-0.4, -0.2) is 43.6 Å². The molecule has 6 heteroatoms. The van der Waals surface area contributed by atoms with Crippen molar-refractivity contribution in [3.8, 4) is 0 Å². The zero-order valence-corrected chi connectivity index (χ0v) is 14.8. The van der Waals surface area contributed by atoms with E-state index in [-0.39, 0.29) is 17.2 Å². The Morgan fingerprint density at radius 2 is 1.67 bits per heavy atom. The van der Waals surface area contributed by atoms with E-state index in [0.29, 0.717) is 17.0 Å². The van der Waals surface area contributed by atoms with Crippen LogP contribution in [0.5, 0.6) is 0 Å². The lowest BCUT2D eigenvalue weighted by molar-refractivity contribution is 0.0623. The van der Waals surface area contributed by atoms with Crippen molar-refractivity contribution >= 4 is 15.7 Å². The summed E-state index contributed by atoms with van der Waals surface area (Å²) in [6.45, 7) is 1.20. The summed E-state index contributed by atoms with van der Waals surface area (Å²) >= 11 is 0. The molecule has 1 amide bonds. The van der Waals surface area contributed by atoms with Gasteiger partial charge in [-0.05, 0) is 56.4 Å². The second-order valence-corrected chi connectivity index (χ2v) is 9.09. The number of nitrogens with two attached hydrogens (primary N) is 1. The third-order valence-electron chi connectivity index (χ3n) is 5.33. The fraction of sp³-hybridized carbons (Fsp3) is 0.611. The number of carbonyl (C=O) groups excluding carboxylic acids is 1. The molecule has 0 spiro atoms. The highest BCUT2D eigenvalue weighted by molar-refractivity contribution is 7.92. The highest BCUT2D eigenvalue weighted by Gasteiger charge is 2.31. The lowest BCUT2D eigenvalue weighted by atomic mass is 10.0. The summed E-state index contributed by atoms with van der Waals surface area (Å²) < 4.78 is 25.2. The Morgan fingerprint density at radius 3 is 2.29 bits per heavy atom. The van der Waals surface area contributed by atoms with Gasteiger partial charge in [0.15, 0.2) is 9.84 Å². The maximum atomic E-state index is 12.7. The quantitative estimate of drug-likeness (QED) is 0.904. The van der Waals surface area contributed by atoms with E-state index in [0.717, 1.165) is 51.5 Å². The largest absolute Gasteiger partial charge is 0.334 e. The van der Waals surface area contributed by atoms with Gasteiger partial charge in [0.05, 0.1) is 10.1 Å². The molecular weight excluding hydrogens is 324 g/mol. The molecule has 1 aliphatic heterocycles. The molecular formula is C18H26N2O3S. The van der Waals surface area contributed by atoms with E-state index in [1.165, 1.54) is 0 Å². The topological polar surface area (TPSA) is 80.5 Å². The molecule has 1 saturated carbocycles. The summed E-state index contributed by atoms with van der Waals surface area (Å²) in [6, 6.07) is 6.55. The highest BCUT2D eigenvalue weighted by Crippen LogP contribution is 2.30. The van der Waals surface area contributed by atoms with Crippen LogP contribution in [-0.2, 0) is 9.84 Å². The zero-order valence-electron chi connectivity index (χ0n) is 14.0. The number of hydrogen-bond acceptors (Lipinski definition) is 4. The van der Waals surface area contributed by atoms with E-state index in [1.54, 1.807) is 24.3 Å². The standard InChI is InChI=1S/C18H26N2O3S/c19-13-15-5-3-4-12-20(15)18(21)14-8-10-17(11-9-14)24(22,23)16-6-1-2-7-16/h8-11,15-16H,1-7,12-13,19H2. The fourth-order valence-corrected chi connectivity index (χ4v) is 5.71. The molecule has 1 aromatic carbocycles. The minimum Gasteiger partial charge on any atom is -0.334 e. The van der Waals surface area contributed by atoms with E-state index in [9.17, 15) is 13.2 Å². The first-order valence-electron chi connectivity index (χ1n) is 8.89.